The van der Waals surface area contributed by atoms with Crippen LogP contribution in [0.25, 0.3) is 5.57 Å². The summed E-state index contributed by atoms with van der Waals surface area (Å²) in [5, 5.41) is 0. The van der Waals surface area contributed by atoms with E-state index in [2.05, 4.69) is 50.4 Å². The minimum atomic E-state index is -0.420. The van der Waals surface area contributed by atoms with Crippen molar-refractivity contribution in [1.29, 1.82) is 0 Å². The van der Waals surface area contributed by atoms with Gasteiger partial charge in [-0.2, -0.15) is 0 Å². The summed E-state index contributed by atoms with van der Waals surface area (Å²) in [6.45, 7) is 11.9. The number of fused-ring (bicyclic) bond motifs is 1. The lowest BCUT2D eigenvalue weighted by molar-refractivity contribution is -0.0273. The maximum atomic E-state index is 5.97. The molecule has 4 aliphatic rings. The first kappa shape index (κ1) is 18.3. The minimum Gasteiger partial charge on any atom is -0.550 e. The molecular weight excluding hydrogens is 334 g/mol. The highest BCUT2D eigenvalue weighted by Gasteiger charge is 2.48. The van der Waals surface area contributed by atoms with Crippen LogP contribution in [0.5, 0.6) is 5.75 Å². The quantitative estimate of drug-likeness (QED) is 0.691. The Hall–Kier alpha value is -1.06. The molecule has 1 aliphatic carbocycles. The lowest BCUT2D eigenvalue weighted by atomic mass is 9.63. The van der Waals surface area contributed by atoms with Crippen LogP contribution in [0.2, 0.25) is 6.55 Å². The fourth-order valence-corrected chi connectivity index (χ4v) is 6.76. The first-order chi connectivity index (χ1) is 12.7. The molecule has 3 fully saturated rings. The fraction of sp³-hybridized carbons (Fsp3) is 0.652. The molecule has 1 aromatic carbocycles. The van der Waals surface area contributed by atoms with Crippen molar-refractivity contribution >= 4 is 15.3 Å². The number of hydrogen-bond acceptors (Lipinski definition) is 2. The van der Waals surface area contributed by atoms with E-state index in [0.717, 1.165) is 29.5 Å². The van der Waals surface area contributed by atoms with E-state index in [1.54, 1.807) is 11.1 Å². The van der Waals surface area contributed by atoms with Crippen LogP contribution in [-0.4, -0.2) is 33.8 Å². The Morgan fingerprint density at radius 3 is 2.81 bits per heavy atom. The van der Waals surface area contributed by atoms with E-state index in [1.165, 1.54) is 56.3 Å². The van der Waals surface area contributed by atoms with E-state index in [4.69, 9.17) is 4.43 Å². The number of nitrogens with zero attached hydrogens (tertiary/aromatic N) is 1. The lowest BCUT2D eigenvalue weighted by Crippen LogP contribution is -2.57. The molecule has 3 heterocycles. The normalized spacial score (nSPS) is 33.8. The number of aryl methyl sites for hydroxylation is 1. The molecule has 5 rings (SSSR count). The van der Waals surface area contributed by atoms with Gasteiger partial charge in [0.1, 0.15) is 5.75 Å². The van der Waals surface area contributed by atoms with Crippen LogP contribution in [0.1, 0.15) is 57.1 Å². The van der Waals surface area contributed by atoms with Crippen molar-refractivity contribution in [2.24, 2.45) is 17.8 Å². The van der Waals surface area contributed by atoms with Gasteiger partial charge in [0, 0.05) is 19.1 Å². The third-order valence-electron chi connectivity index (χ3n) is 7.27. The van der Waals surface area contributed by atoms with E-state index >= 15 is 0 Å². The molecule has 4 bridgehead atoms. The van der Waals surface area contributed by atoms with Gasteiger partial charge in [0.25, 0.3) is 0 Å². The summed E-state index contributed by atoms with van der Waals surface area (Å²) in [5.74, 6) is 3.72. The third kappa shape index (κ3) is 3.07. The van der Waals surface area contributed by atoms with Crippen molar-refractivity contribution < 1.29 is 4.43 Å². The first-order valence-electron chi connectivity index (χ1n) is 10.9. The second kappa shape index (κ2) is 7.51. The minimum absolute atomic E-state index is 0.420. The zero-order valence-electron chi connectivity index (χ0n) is 17.1. The Morgan fingerprint density at radius 2 is 2.08 bits per heavy atom. The topological polar surface area (TPSA) is 12.5 Å². The molecular formula is C23H35NOSi. The average molecular weight is 370 g/mol. The smallest absolute Gasteiger partial charge is 0.216 e. The van der Waals surface area contributed by atoms with Gasteiger partial charge in [-0.05, 0) is 85.7 Å². The van der Waals surface area contributed by atoms with Crippen LogP contribution >= 0.6 is 0 Å². The third-order valence-corrected chi connectivity index (χ3v) is 7.89. The van der Waals surface area contributed by atoms with Crippen LogP contribution in [0.15, 0.2) is 23.8 Å². The molecule has 1 saturated carbocycles. The monoisotopic (exact) mass is 369 g/mol. The summed E-state index contributed by atoms with van der Waals surface area (Å²) < 4.78 is 5.97. The maximum Gasteiger partial charge on any atom is 0.216 e. The van der Waals surface area contributed by atoms with Crippen molar-refractivity contribution in [3.05, 3.63) is 34.9 Å². The zero-order chi connectivity index (χ0) is 18.3. The zero-order valence-corrected chi connectivity index (χ0v) is 18.5. The van der Waals surface area contributed by atoms with Gasteiger partial charge in [-0.15, -0.1) is 0 Å². The van der Waals surface area contributed by atoms with E-state index in [9.17, 15) is 0 Å². The molecule has 0 aromatic heterocycles. The first-order valence-corrected chi connectivity index (χ1v) is 12.8. The second-order valence-electron chi connectivity index (χ2n) is 8.61. The summed E-state index contributed by atoms with van der Waals surface area (Å²) in [7, 11) is -0.420. The summed E-state index contributed by atoms with van der Waals surface area (Å²) in [5.41, 5.74) is 6.32. The summed E-state index contributed by atoms with van der Waals surface area (Å²) in [6.07, 6.45) is 6.68. The molecule has 1 aromatic rings. The van der Waals surface area contributed by atoms with Crippen LogP contribution in [0, 0.1) is 24.7 Å². The Bertz CT molecular complexity index is 697. The highest BCUT2D eigenvalue weighted by Crippen LogP contribution is 2.51. The summed E-state index contributed by atoms with van der Waals surface area (Å²) in [4.78, 5) is 2.87. The predicted octanol–water partition coefficient (Wildman–Crippen LogP) is 4.81. The molecule has 142 valence electrons. The van der Waals surface area contributed by atoms with Crippen molar-refractivity contribution in [3.8, 4) is 5.75 Å². The number of hydrogen-bond donors (Lipinski definition) is 0. The average Bonchev–Trinajstić information content (AvgIpc) is 2.77. The molecule has 2 saturated heterocycles. The highest BCUT2D eigenvalue weighted by atomic mass is 28.2. The number of rotatable bonds is 5. The maximum absolute atomic E-state index is 5.97. The van der Waals surface area contributed by atoms with Gasteiger partial charge in [0.15, 0.2) is 0 Å². The largest absolute Gasteiger partial charge is 0.550 e. The molecule has 5 atom stereocenters. The van der Waals surface area contributed by atoms with Gasteiger partial charge < -0.3 is 4.43 Å². The highest BCUT2D eigenvalue weighted by molar-refractivity contribution is 6.26. The molecule has 0 N–H and O–H groups in total. The molecule has 0 spiro atoms. The summed E-state index contributed by atoms with van der Waals surface area (Å²) in [6, 6.07) is 7.58. The van der Waals surface area contributed by atoms with E-state index in [-0.39, 0.29) is 0 Å². The van der Waals surface area contributed by atoms with Gasteiger partial charge in [0.2, 0.25) is 9.76 Å². The van der Waals surface area contributed by atoms with E-state index < -0.39 is 9.76 Å². The van der Waals surface area contributed by atoms with Crippen LogP contribution in [0.4, 0.5) is 0 Å². The Labute approximate surface area is 161 Å². The van der Waals surface area contributed by atoms with Crippen LogP contribution in [0.3, 0.4) is 0 Å². The molecule has 2 nitrogen and oxygen atoms in total. The fourth-order valence-electron chi connectivity index (χ4n) is 6.25. The van der Waals surface area contributed by atoms with Gasteiger partial charge in [-0.1, -0.05) is 31.9 Å². The van der Waals surface area contributed by atoms with Gasteiger partial charge >= 0.3 is 0 Å². The molecule has 3 heteroatoms. The van der Waals surface area contributed by atoms with Crippen molar-refractivity contribution in [2.75, 3.05) is 13.1 Å². The van der Waals surface area contributed by atoms with Crippen LogP contribution in [-0.2, 0) is 0 Å². The SMILES string of the molecule is CCC1=C(c2cc(O[SiH2]C)ccc2C)CCN2CC3CC(CC)C2C1C3. The molecule has 0 radical (unpaired) electrons. The van der Waals surface area contributed by atoms with Gasteiger partial charge in [-0.3, -0.25) is 4.90 Å². The summed E-state index contributed by atoms with van der Waals surface area (Å²) >= 11 is 0. The number of piperidine rings is 2. The second-order valence-corrected chi connectivity index (χ2v) is 9.48. The van der Waals surface area contributed by atoms with Crippen molar-refractivity contribution in [3.63, 3.8) is 0 Å². The molecule has 5 unspecified atom stereocenters. The Balaban J connectivity index is 1.78. The van der Waals surface area contributed by atoms with Crippen molar-refractivity contribution in [2.45, 2.75) is 65.5 Å². The Morgan fingerprint density at radius 1 is 1.23 bits per heavy atom. The van der Waals surface area contributed by atoms with Gasteiger partial charge in [0.05, 0.1) is 0 Å². The standard InChI is InChI=1S/C23H35NOSi/c1-5-17-11-16-12-22-19(6-2)20(9-10-24(14-16)23(17)22)21-13-18(25-26-4)8-7-15(21)3/h7-8,13,16-17,22-23H,5-6,9-12,14,26H2,1-4H3. The van der Waals surface area contributed by atoms with Crippen LogP contribution < -0.4 is 4.43 Å². The lowest BCUT2D eigenvalue weighted by Gasteiger charge is -2.54. The van der Waals surface area contributed by atoms with Gasteiger partial charge in [-0.25, -0.2) is 0 Å². The van der Waals surface area contributed by atoms with E-state index in [1.807, 2.05) is 0 Å². The van der Waals surface area contributed by atoms with E-state index in [0.29, 0.717) is 0 Å². The van der Waals surface area contributed by atoms with Crippen molar-refractivity contribution in [1.82, 2.24) is 4.90 Å². The Kier molecular flexibility index (Phi) is 5.29. The predicted molar refractivity (Wildman–Crippen MR) is 113 cm³/mol. The number of benzene rings is 1. The molecule has 0 amide bonds. The molecule has 26 heavy (non-hydrogen) atoms. The molecule has 3 aliphatic heterocycles.